The summed E-state index contributed by atoms with van der Waals surface area (Å²) in [6.07, 6.45) is 1.37. The normalized spacial score (nSPS) is 22.5. The predicted molar refractivity (Wildman–Crippen MR) is 55.2 cm³/mol. The molecule has 0 N–H and O–H groups in total. The fourth-order valence-corrected chi connectivity index (χ4v) is 2.94. The number of alkyl halides is 1. The lowest BCUT2D eigenvalue weighted by atomic mass is 10.3. The highest BCUT2D eigenvalue weighted by atomic mass is 35.5. The summed E-state index contributed by atoms with van der Waals surface area (Å²) in [6, 6.07) is 0. The zero-order valence-corrected chi connectivity index (χ0v) is 9.48. The maximum Gasteiger partial charge on any atom is 0.237 e. The minimum atomic E-state index is -2.95. The fraction of sp³-hybridized carbons (Fsp3) is 0.875. The number of rotatable bonds is 1. The molecule has 0 spiro atoms. The Morgan fingerprint density at radius 1 is 1.21 bits per heavy atom. The minimum Gasteiger partial charge on any atom is -0.341 e. The van der Waals surface area contributed by atoms with Crippen molar-refractivity contribution in [2.24, 2.45) is 0 Å². The molecule has 1 heterocycles. The van der Waals surface area contributed by atoms with Gasteiger partial charge in [-0.1, -0.05) is 0 Å². The van der Waals surface area contributed by atoms with Crippen LogP contribution in [0.5, 0.6) is 0 Å². The van der Waals surface area contributed by atoms with Crippen molar-refractivity contribution in [2.45, 2.75) is 12.8 Å². The topological polar surface area (TPSA) is 54.5 Å². The number of sulfone groups is 1. The molecule has 4 nitrogen and oxygen atoms in total. The number of carbonyl (C=O) groups is 1. The van der Waals surface area contributed by atoms with E-state index >= 15 is 0 Å². The van der Waals surface area contributed by atoms with Gasteiger partial charge in [0.2, 0.25) is 5.91 Å². The maximum absolute atomic E-state index is 11.3. The van der Waals surface area contributed by atoms with Crippen LogP contribution in [0.3, 0.4) is 0 Å². The third kappa shape index (κ3) is 3.46. The van der Waals surface area contributed by atoms with Crippen LogP contribution in [0.2, 0.25) is 0 Å². The minimum absolute atomic E-state index is 0.0651. The molecule has 1 aliphatic heterocycles. The van der Waals surface area contributed by atoms with Crippen molar-refractivity contribution in [3.8, 4) is 0 Å². The number of carbonyl (C=O) groups excluding carboxylic acids is 1. The maximum atomic E-state index is 11.3. The molecule has 1 aliphatic rings. The Morgan fingerprint density at radius 3 is 2.57 bits per heavy atom. The van der Waals surface area contributed by atoms with E-state index in [9.17, 15) is 13.2 Å². The van der Waals surface area contributed by atoms with E-state index in [2.05, 4.69) is 0 Å². The molecule has 0 unspecified atom stereocenters. The van der Waals surface area contributed by atoms with E-state index in [1.54, 1.807) is 0 Å². The van der Waals surface area contributed by atoms with E-state index in [4.69, 9.17) is 11.6 Å². The summed E-state index contributed by atoms with van der Waals surface area (Å²) in [6.45, 7) is 0.912. The van der Waals surface area contributed by atoms with Crippen molar-refractivity contribution in [3.63, 3.8) is 0 Å². The summed E-state index contributed by atoms with van der Waals surface area (Å²) in [4.78, 5) is 12.8. The summed E-state index contributed by atoms with van der Waals surface area (Å²) in [5.41, 5.74) is 0. The van der Waals surface area contributed by atoms with Crippen molar-refractivity contribution in [1.29, 1.82) is 0 Å². The SMILES string of the molecule is O=C(CCl)N1CCCCS(=O)(=O)CC1. The first-order valence-electron chi connectivity index (χ1n) is 4.59. The van der Waals surface area contributed by atoms with Crippen molar-refractivity contribution in [1.82, 2.24) is 4.90 Å². The Morgan fingerprint density at radius 2 is 1.93 bits per heavy atom. The van der Waals surface area contributed by atoms with Crippen LogP contribution in [-0.4, -0.2) is 49.7 Å². The second-order valence-corrected chi connectivity index (χ2v) is 5.94. The van der Waals surface area contributed by atoms with E-state index in [-0.39, 0.29) is 29.8 Å². The van der Waals surface area contributed by atoms with Gasteiger partial charge in [0.1, 0.15) is 5.88 Å². The summed E-state index contributed by atoms with van der Waals surface area (Å²) in [5, 5.41) is 0. The second kappa shape index (κ2) is 4.98. The standard InChI is InChI=1S/C8H14ClNO3S/c9-7-8(11)10-3-1-2-5-14(12,13)6-4-10/h1-7H2. The van der Waals surface area contributed by atoms with Crippen LogP contribution in [0.25, 0.3) is 0 Å². The molecule has 1 fully saturated rings. The van der Waals surface area contributed by atoms with Crippen LogP contribution in [0.1, 0.15) is 12.8 Å². The smallest absolute Gasteiger partial charge is 0.237 e. The van der Waals surface area contributed by atoms with Crippen molar-refractivity contribution >= 4 is 27.3 Å². The molecular formula is C8H14ClNO3S. The molecule has 1 rings (SSSR count). The average Bonchev–Trinajstić information content (AvgIpc) is 2.12. The molecule has 82 valence electrons. The molecule has 0 aromatic heterocycles. The third-order valence-corrected chi connectivity index (χ3v) is 4.22. The highest BCUT2D eigenvalue weighted by Crippen LogP contribution is 2.06. The first-order chi connectivity index (χ1) is 6.55. The van der Waals surface area contributed by atoms with Gasteiger partial charge in [-0.15, -0.1) is 11.6 Å². The molecule has 1 saturated heterocycles. The van der Waals surface area contributed by atoms with E-state index in [1.165, 1.54) is 4.90 Å². The number of amides is 1. The van der Waals surface area contributed by atoms with Crippen molar-refractivity contribution in [2.75, 3.05) is 30.5 Å². The molecule has 0 aromatic rings. The Balaban J connectivity index is 2.60. The van der Waals surface area contributed by atoms with Gasteiger partial charge in [-0.3, -0.25) is 4.79 Å². The molecule has 14 heavy (non-hydrogen) atoms. The van der Waals surface area contributed by atoms with Crippen LogP contribution >= 0.6 is 11.6 Å². The first-order valence-corrected chi connectivity index (χ1v) is 6.95. The van der Waals surface area contributed by atoms with Gasteiger partial charge >= 0.3 is 0 Å². The Kier molecular flexibility index (Phi) is 4.19. The number of hydrogen-bond donors (Lipinski definition) is 0. The van der Waals surface area contributed by atoms with E-state index in [0.29, 0.717) is 13.0 Å². The van der Waals surface area contributed by atoms with Gasteiger partial charge in [0.25, 0.3) is 0 Å². The van der Waals surface area contributed by atoms with E-state index in [0.717, 1.165) is 6.42 Å². The zero-order valence-electron chi connectivity index (χ0n) is 7.91. The quantitative estimate of drug-likeness (QED) is 0.617. The van der Waals surface area contributed by atoms with Crippen LogP contribution in [0, 0.1) is 0 Å². The van der Waals surface area contributed by atoms with Gasteiger partial charge < -0.3 is 4.90 Å². The summed E-state index contributed by atoms with van der Waals surface area (Å²) >= 11 is 5.41. The highest BCUT2D eigenvalue weighted by molar-refractivity contribution is 7.91. The first kappa shape index (κ1) is 11.8. The monoisotopic (exact) mass is 239 g/mol. The van der Waals surface area contributed by atoms with Crippen molar-refractivity contribution in [3.05, 3.63) is 0 Å². The Labute approximate surface area is 89.1 Å². The molecule has 0 aliphatic carbocycles. The van der Waals surface area contributed by atoms with Gasteiger partial charge in [-0.05, 0) is 12.8 Å². The van der Waals surface area contributed by atoms with E-state index in [1.807, 2.05) is 0 Å². The second-order valence-electron chi connectivity index (χ2n) is 3.37. The van der Waals surface area contributed by atoms with Gasteiger partial charge in [-0.2, -0.15) is 0 Å². The zero-order chi connectivity index (χ0) is 10.6. The Hall–Kier alpha value is -0.290. The van der Waals surface area contributed by atoms with Crippen molar-refractivity contribution < 1.29 is 13.2 Å². The van der Waals surface area contributed by atoms with E-state index < -0.39 is 9.84 Å². The Bertz CT molecular complexity index is 302. The van der Waals surface area contributed by atoms with Gasteiger partial charge in [-0.25, -0.2) is 8.42 Å². The highest BCUT2D eigenvalue weighted by Gasteiger charge is 2.19. The predicted octanol–water partition coefficient (Wildman–Crippen LogP) is 0.262. The number of halogens is 1. The summed E-state index contributed by atoms with van der Waals surface area (Å²) in [5.74, 6) is 0.0646. The largest absolute Gasteiger partial charge is 0.341 e. The number of hydrogen-bond acceptors (Lipinski definition) is 3. The molecule has 0 radical (unpaired) electrons. The molecule has 1 amide bonds. The molecule has 0 atom stereocenters. The van der Waals surface area contributed by atoms with Crippen LogP contribution in [0.4, 0.5) is 0 Å². The molecule has 6 heteroatoms. The van der Waals surface area contributed by atoms with Crippen LogP contribution in [0.15, 0.2) is 0 Å². The number of nitrogens with zero attached hydrogens (tertiary/aromatic N) is 1. The molecule has 0 saturated carbocycles. The lowest BCUT2D eigenvalue weighted by Crippen LogP contribution is -2.38. The van der Waals surface area contributed by atoms with Crippen LogP contribution < -0.4 is 0 Å². The summed E-state index contributed by atoms with van der Waals surface area (Å²) in [7, 11) is -2.95. The fourth-order valence-electron chi connectivity index (χ4n) is 1.42. The lowest BCUT2D eigenvalue weighted by molar-refractivity contribution is -0.128. The molecular weight excluding hydrogens is 226 g/mol. The third-order valence-electron chi connectivity index (χ3n) is 2.27. The average molecular weight is 240 g/mol. The molecule has 0 aromatic carbocycles. The van der Waals surface area contributed by atoms with Gasteiger partial charge in [0.15, 0.2) is 9.84 Å². The van der Waals surface area contributed by atoms with Gasteiger partial charge in [0.05, 0.1) is 11.5 Å². The van der Waals surface area contributed by atoms with Gasteiger partial charge in [0, 0.05) is 13.1 Å². The molecule has 0 bridgehead atoms. The van der Waals surface area contributed by atoms with Crippen LogP contribution in [-0.2, 0) is 14.6 Å². The summed E-state index contributed by atoms with van der Waals surface area (Å²) < 4.78 is 22.6. The lowest BCUT2D eigenvalue weighted by Gasteiger charge is -2.23.